The van der Waals surface area contributed by atoms with E-state index in [1.54, 1.807) is 13.1 Å². The number of aromatic nitrogens is 3. The van der Waals surface area contributed by atoms with E-state index < -0.39 is 5.83 Å². The predicted octanol–water partition coefficient (Wildman–Crippen LogP) is 4.20. The lowest BCUT2D eigenvalue weighted by Gasteiger charge is -2.15. The van der Waals surface area contributed by atoms with Gasteiger partial charge in [-0.1, -0.05) is 29.8 Å². The molecule has 8 heteroatoms. The first kappa shape index (κ1) is 22.1. The number of carbonyl (C=O) groups is 1. The van der Waals surface area contributed by atoms with E-state index >= 15 is 0 Å². The molecule has 1 aromatic carbocycles. The zero-order valence-corrected chi connectivity index (χ0v) is 18.4. The number of carbonyl (C=O) groups excluding carboxylic acids is 1. The zero-order chi connectivity index (χ0) is 22.7. The number of allylic oxidation sites excluding steroid dienone is 1. The minimum Gasteiger partial charge on any atom is -0.468 e. The summed E-state index contributed by atoms with van der Waals surface area (Å²) in [6.45, 7) is 10.3. The minimum atomic E-state index is -0.478. The summed E-state index contributed by atoms with van der Waals surface area (Å²) in [6.07, 6.45) is 0. The standard InChI is InChI=1S/C23H26FN5O2/c1-13-7-9-17(10-8-13)16(4)26-18(30)12-31-19-11-14(2)20-22(21(25-5)15(3)24)28-29(6)23(20)27-19/h7-11,16H,5,12H2,1-4,6H3,(H,26,30). The predicted molar refractivity (Wildman–Crippen MR) is 120 cm³/mol. The van der Waals surface area contributed by atoms with Gasteiger partial charge in [0.15, 0.2) is 12.3 Å². The molecule has 1 atom stereocenters. The fourth-order valence-corrected chi connectivity index (χ4v) is 3.35. The Morgan fingerprint density at radius 2 is 2.00 bits per heavy atom. The summed E-state index contributed by atoms with van der Waals surface area (Å²) >= 11 is 0. The van der Waals surface area contributed by atoms with Crippen molar-refractivity contribution in [3.8, 4) is 5.88 Å². The maximum atomic E-state index is 13.9. The molecular formula is C23H26FN5O2. The van der Waals surface area contributed by atoms with Gasteiger partial charge in [0, 0.05) is 13.1 Å². The molecular weight excluding hydrogens is 397 g/mol. The number of aliphatic imine (C=N–C) groups is 1. The number of rotatable bonds is 7. The van der Waals surface area contributed by atoms with Crippen LogP contribution >= 0.6 is 0 Å². The first-order chi connectivity index (χ1) is 14.7. The second-order valence-electron chi connectivity index (χ2n) is 7.48. The van der Waals surface area contributed by atoms with Gasteiger partial charge in [0.05, 0.1) is 11.4 Å². The number of amides is 1. The fraction of sp³-hybridized carbons (Fsp3) is 0.304. The van der Waals surface area contributed by atoms with E-state index in [1.807, 2.05) is 45.0 Å². The van der Waals surface area contributed by atoms with Crippen LogP contribution in [0.1, 0.15) is 42.3 Å². The number of pyridine rings is 1. The summed E-state index contributed by atoms with van der Waals surface area (Å²) in [4.78, 5) is 20.6. The zero-order valence-electron chi connectivity index (χ0n) is 18.4. The van der Waals surface area contributed by atoms with Gasteiger partial charge in [-0.2, -0.15) is 10.1 Å². The normalized spacial score (nSPS) is 13.0. The van der Waals surface area contributed by atoms with Crippen LogP contribution in [-0.4, -0.2) is 34.0 Å². The van der Waals surface area contributed by atoms with Crippen LogP contribution in [0.2, 0.25) is 0 Å². The van der Waals surface area contributed by atoms with Crippen molar-refractivity contribution in [2.45, 2.75) is 33.7 Å². The molecule has 7 nitrogen and oxygen atoms in total. The Hall–Kier alpha value is -3.55. The average Bonchev–Trinajstić information content (AvgIpc) is 3.04. The number of aryl methyl sites for hydroxylation is 3. The van der Waals surface area contributed by atoms with E-state index in [2.05, 4.69) is 27.1 Å². The van der Waals surface area contributed by atoms with Crippen molar-refractivity contribution in [2.75, 3.05) is 6.61 Å². The smallest absolute Gasteiger partial charge is 0.258 e. The summed E-state index contributed by atoms with van der Waals surface area (Å²) in [7, 11) is 1.70. The minimum absolute atomic E-state index is 0.0774. The Morgan fingerprint density at radius 3 is 2.61 bits per heavy atom. The molecule has 1 unspecified atom stereocenters. The van der Waals surface area contributed by atoms with E-state index in [4.69, 9.17) is 4.74 Å². The molecule has 0 fully saturated rings. The van der Waals surface area contributed by atoms with Crippen molar-refractivity contribution >= 4 is 29.4 Å². The van der Waals surface area contributed by atoms with Gasteiger partial charge in [-0.25, -0.2) is 9.07 Å². The molecule has 0 aliphatic rings. The van der Waals surface area contributed by atoms with Crippen molar-refractivity contribution in [3.63, 3.8) is 0 Å². The number of nitrogens with one attached hydrogen (secondary N) is 1. The third kappa shape index (κ3) is 4.79. The molecule has 0 aliphatic carbocycles. The van der Waals surface area contributed by atoms with Crippen LogP contribution in [0.5, 0.6) is 5.88 Å². The molecule has 0 bridgehead atoms. The number of benzene rings is 1. The summed E-state index contributed by atoms with van der Waals surface area (Å²) < 4.78 is 21.0. The van der Waals surface area contributed by atoms with Crippen LogP contribution in [0.4, 0.5) is 4.39 Å². The maximum Gasteiger partial charge on any atom is 0.258 e. The summed E-state index contributed by atoms with van der Waals surface area (Å²) in [5.74, 6) is -0.451. The van der Waals surface area contributed by atoms with E-state index in [0.717, 1.165) is 16.7 Å². The van der Waals surface area contributed by atoms with Crippen molar-refractivity contribution in [1.82, 2.24) is 20.1 Å². The molecule has 0 aliphatic heterocycles. The lowest BCUT2D eigenvalue weighted by atomic mass is 10.1. The van der Waals surface area contributed by atoms with Crippen LogP contribution in [0, 0.1) is 13.8 Å². The third-order valence-corrected chi connectivity index (χ3v) is 4.98. The number of ether oxygens (including phenoxy) is 1. The molecule has 2 heterocycles. The monoisotopic (exact) mass is 423 g/mol. The van der Waals surface area contributed by atoms with Crippen LogP contribution in [0.3, 0.4) is 0 Å². The first-order valence-electron chi connectivity index (χ1n) is 9.87. The van der Waals surface area contributed by atoms with E-state index in [-0.39, 0.29) is 30.1 Å². The van der Waals surface area contributed by atoms with Gasteiger partial charge < -0.3 is 10.1 Å². The van der Waals surface area contributed by atoms with Gasteiger partial charge in [-0.05, 0) is 45.5 Å². The van der Waals surface area contributed by atoms with Crippen molar-refractivity contribution in [1.29, 1.82) is 0 Å². The summed E-state index contributed by atoms with van der Waals surface area (Å²) in [5, 5.41) is 7.92. The van der Waals surface area contributed by atoms with Crippen LogP contribution in [-0.2, 0) is 11.8 Å². The van der Waals surface area contributed by atoms with Crippen molar-refractivity contribution < 1.29 is 13.9 Å². The van der Waals surface area contributed by atoms with Gasteiger partial charge >= 0.3 is 0 Å². The van der Waals surface area contributed by atoms with Crippen LogP contribution < -0.4 is 10.1 Å². The second kappa shape index (κ2) is 9.07. The number of hydrogen-bond donors (Lipinski definition) is 1. The van der Waals surface area contributed by atoms with Crippen molar-refractivity contribution in [2.24, 2.45) is 12.0 Å². The molecule has 162 valence electrons. The molecule has 1 amide bonds. The maximum absolute atomic E-state index is 13.9. The Kier molecular flexibility index (Phi) is 6.48. The molecule has 3 rings (SSSR count). The number of halogens is 1. The lowest BCUT2D eigenvalue weighted by Crippen LogP contribution is -2.31. The van der Waals surface area contributed by atoms with E-state index in [1.165, 1.54) is 11.6 Å². The quantitative estimate of drug-likeness (QED) is 0.578. The highest BCUT2D eigenvalue weighted by Gasteiger charge is 2.19. The molecule has 1 N–H and O–H groups in total. The molecule has 0 saturated heterocycles. The lowest BCUT2D eigenvalue weighted by molar-refractivity contribution is -0.123. The Morgan fingerprint density at radius 1 is 1.32 bits per heavy atom. The van der Waals surface area contributed by atoms with E-state index in [9.17, 15) is 9.18 Å². The van der Waals surface area contributed by atoms with Crippen LogP contribution in [0.15, 0.2) is 41.2 Å². The summed E-state index contributed by atoms with van der Waals surface area (Å²) in [5.41, 5.74) is 3.90. The van der Waals surface area contributed by atoms with Gasteiger partial charge in [-0.15, -0.1) is 0 Å². The third-order valence-electron chi connectivity index (χ3n) is 4.98. The highest BCUT2D eigenvalue weighted by Crippen LogP contribution is 2.30. The highest BCUT2D eigenvalue weighted by atomic mass is 19.1. The van der Waals surface area contributed by atoms with Crippen molar-refractivity contribution in [3.05, 3.63) is 58.5 Å². The molecule has 0 spiro atoms. The largest absolute Gasteiger partial charge is 0.468 e. The fourth-order valence-electron chi connectivity index (χ4n) is 3.35. The van der Waals surface area contributed by atoms with Gasteiger partial charge in [-0.3, -0.25) is 9.79 Å². The average molecular weight is 423 g/mol. The number of hydrogen-bond acceptors (Lipinski definition) is 5. The summed E-state index contributed by atoms with van der Waals surface area (Å²) in [6, 6.07) is 9.53. The van der Waals surface area contributed by atoms with Gasteiger partial charge in [0.2, 0.25) is 5.88 Å². The Bertz CT molecular complexity index is 1160. The second-order valence-corrected chi connectivity index (χ2v) is 7.48. The Balaban J connectivity index is 1.76. The van der Waals surface area contributed by atoms with Gasteiger partial charge in [0.25, 0.3) is 5.91 Å². The van der Waals surface area contributed by atoms with Crippen LogP contribution in [0.25, 0.3) is 16.7 Å². The molecule has 0 saturated carbocycles. The Labute approximate surface area is 180 Å². The van der Waals surface area contributed by atoms with E-state index in [0.29, 0.717) is 16.7 Å². The first-order valence-corrected chi connectivity index (χ1v) is 9.87. The molecule has 0 radical (unpaired) electrons. The molecule has 3 aromatic rings. The molecule has 31 heavy (non-hydrogen) atoms. The number of nitrogens with zero attached hydrogens (tertiary/aromatic N) is 4. The number of fused-ring (bicyclic) bond motifs is 1. The molecule has 2 aromatic heterocycles. The topological polar surface area (TPSA) is 81.4 Å². The SMILES string of the molecule is C=NC(=C(C)F)c1nn(C)c2nc(OCC(=O)NC(C)c3ccc(C)cc3)cc(C)c12. The highest BCUT2D eigenvalue weighted by molar-refractivity contribution is 5.92. The van der Waals surface area contributed by atoms with Gasteiger partial charge in [0.1, 0.15) is 17.2 Å².